The molecule has 0 bridgehead atoms. The lowest BCUT2D eigenvalue weighted by molar-refractivity contribution is 0.415. The van der Waals surface area contributed by atoms with Crippen molar-refractivity contribution in [2.45, 2.75) is 27.7 Å². The average Bonchev–Trinajstić information content (AvgIpc) is 2.45. The average molecular weight is 319 g/mol. The molecule has 0 N–H and O–H groups in total. The summed E-state index contributed by atoms with van der Waals surface area (Å²) in [7, 11) is 1.63. The molecule has 0 aliphatic heterocycles. The van der Waals surface area contributed by atoms with Gasteiger partial charge in [-0.2, -0.15) is 0 Å². The van der Waals surface area contributed by atoms with E-state index in [9.17, 15) is 4.79 Å². The number of hydrogen-bond donors (Lipinski definition) is 0. The van der Waals surface area contributed by atoms with Crippen molar-refractivity contribution in [1.82, 2.24) is 0 Å². The van der Waals surface area contributed by atoms with Crippen molar-refractivity contribution in [3.05, 3.63) is 33.8 Å². The second-order valence-electron chi connectivity index (χ2n) is 6.50. The molecule has 3 nitrogen and oxygen atoms in total. The highest BCUT2D eigenvalue weighted by molar-refractivity contribution is 7.16. The highest BCUT2D eigenvalue weighted by Crippen LogP contribution is 2.25. The number of anilines is 1. The first-order chi connectivity index (χ1) is 10.4. The maximum atomic E-state index is 12.9. The highest BCUT2D eigenvalue weighted by atomic mass is 32.1. The Hall–Kier alpha value is -1.55. The zero-order valence-corrected chi connectivity index (χ0v) is 14.9. The van der Waals surface area contributed by atoms with Crippen LogP contribution in [-0.2, 0) is 0 Å². The van der Waals surface area contributed by atoms with Crippen LogP contribution in [0.25, 0.3) is 10.1 Å². The van der Waals surface area contributed by atoms with Crippen LogP contribution < -0.4 is 15.1 Å². The molecular formula is C18H25NO2S. The van der Waals surface area contributed by atoms with Gasteiger partial charge in [-0.05, 0) is 30.0 Å². The summed E-state index contributed by atoms with van der Waals surface area (Å²) in [5.74, 6) is 1.77. The Kier molecular flexibility index (Phi) is 5.46. The first-order valence-electron chi connectivity index (χ1n) is 7.76. The molecule has 0 spiro atoms. The lowest BCUT2D eigenvalue weighted by Gasteiger charge is -2.27. The standard InChI is InChI=1S/C18H25NO2S/c1-12(2)9-19(10-13(3)4)16-11-22-17-7-6-14(21-5)8-15(17)18(16)20/h6-8,11-13H,9-10H2,1-5H3. The lowest BCUT2D eigenvalue weighted by Crippen LogP contribution is -2.34. The molecule has 2 aromatic rings. The molecule has 1 aromatic heterocycles. The Morgan fingerprint density at radius 2 is 1.77 bits per heavy atom. The van der Waals surface area contributed by atoms with Crippen LogP contribution in [0.3, 0.4) is 0 Å². The van der Waals surface area contributed by atoms with E-state index < -0.39 is 0 Å². The number of hydrogen-bond acceptors (Lipinski definition) is 4. The van der Waals surface area contributed by atoms with Crippen molar-refractivity contribution in [2.75, 3.05) is 25.1 Å². The van der Waals surface area contributed by atoms with Crippen LogP contribution in [0.4, 0.5) is 5.69 Å². The zero-order chi connectivity index (χ0) is 16.3. The molecule has 0 amide bonds. The number of methoxy groups -OCH3 is 1. The highest BCUT2D eigenvalue weighted by Gasteiger charge is 2.16. The largest absolute Gasteiger partial charge is 0.497 e. The Morgan fingerprint density at radius 1 is 1.14 bits per heavy atom. The molecular weight excluding hydrogens is 294 g/mol. The van der Waals surface area contributed by atoms with E-state index >= 15 is 0 Å². The summed E-state index contributed by atoms with van der Waals surface area (Å²) in [6, 6.07) is 5.71. The second kappa shape index (κ2) is 7.14. The molecule has 0 radical (unpaired) electrons. The van der Waals surface area contributed by atoms with Crippen molar-refractivity contribution in [3.63, 3.8) is 0 Å². The molecule has 1 heterocycles. The van der Waals surface area contributed by atoms with E-state index in [1.54, 1.807) is 18.4 Å². The first-order valence-corrected chi connectivity index (χ1v) is 8.64. The minimum absolute atomic E-state index is 0.106. The number of benzene rings is 1. The fraction of sp³-hybridized carbons (Fsp3) is 0.500. The van der Waals surface area contributed by atoms with Gasteiger partial charge in [0.05, 0.1) is 12.8 Å². The molecule has 2 rings (SSSR count). The molecule has 0 fully saturated rings. The summed E-state index contributed by atoms with van der Waals surface area (Å²) >= 11 is 1.62. The molecule has 0 saturated heterocycles. The Morgan fingerprint density at radius 3 is 2.32 bits per heavy atom. The third-order valence-corrected chi connectivity index (χ3v) is 4.42. The van der Waals surface area contributed by atoms with Crippen LogP contribution >= 0.6 is 11.3 Å². The van der Waals surface area contributed by atoms with Crippen LogP contribution in [0.2, 0.25) is 0 Å². The van der Waals surface area contributed by atoms with Crippen molar-refractivity contribution in [1.29, 1.82) is 0 Å². The van der Waals surface area contributed by atoms with Gasteiger partial charge >= 0.3 is 0 Å². The Labute approximate surface area is 136 Å². The summed E-state index contributed by atoms with van der Waals surface area (Å²) in [5.41, 5.74) is 0.919. The van der Waals surface area contributed by atoms with Gasteiger partial charge in [0, 0.05) is 28.6 Å². The van der Waals surface area contributed by atoms with Gasteiger partial charge < -0.3 is 9.64 Å². The lowest BCUT2D eigenvalue weighted by atomic mass is 10.1. The normalized spacial score (nSPS) is 11.4. The van der Waals surface area contributed by atoms with Gasteiger partial charge in [0.2, 0.25) is 5.43 Å². The van der Waals surface area contributed by atoms with Gasteiger partial charge in [0.25, 0.3) is 0 Å². The third-order valence-electron chi connectivity index (χ3n) is 3.47. The molecule has 0 aliphatic rings. The molecule has 0 unspecified atom stereocenters. The molecule has 1 aromatic carbocycles. The SMILES string of the molecule is COc1ccc2scc(N(CC(C)C)CC(C)C)c(=O)c2c1. The summed E-state index contributed by atoms with van der Waals surface area (Å²) < 4.78 is 6.26. The fourth-order valence-electron chi connectivity index (χ4n) is 2.60. The molecule has 22 heavy (non-hydrogen) atoms. The number of rotatable bonds is 6. The second-order valence-corrected chi connectivity index (χ2v) is 7.42. The van der Waals surface area contributed by atoms with Crippen molar-refractivity contribution < 1.29 is 4.74 Å². The van der Waals surface area contributed by atoms with Gasteiger partial charge in [0.15, 0.2) is 0 Å². The van der Waals surface area contributed by atoms with E-state index in [0.717, 1.165) is 34.6 Å². The molecule has 4 heteroatoms. The number of fused-ring (bicyclic) bond motifs is 1. The van der Waals surface area contributed by atoms with Gasteiger partial charge in [-0.15, -0.1) is 11.3 Å². The van der Waals surface area contributed by atoms with E-state index in [0.29, 0.717) is 11.8 Å². The van der Waals surface area contributed by atoms with E-state index in [4.69, 9.17) is 4.74 Å². The van der Waals surface area contributed by atoms with Crippen molar-refractivity contribution >= 4 is 27.1 Å². The molecule has 0 aliphatic carbocycles. The minimum atomic E-state index is 0.106. The Bertz CT molecular complexity index is 681. The smallest absolute Gasteiger partial charge is 0.211 e. The van der Waals surface area contributed by atoms with Crippen LogP contribution in [0, 0.1) is 11.8 Å². The number of ether oxygens (including phenoxy) is 1. The van der Waals surface area contributed by atoms with Crippen LogP contribution in [0.15, 0.2) is 28.4 Å². The molecule has 0 atom stereocenters. The van der Waals surface area contributed by atoms with Crippen LogP contribution in [0.1, 0.15) is 27.7 Å². The predicted octanol–water partition coefficient (Wildman–Crippen LogP) is 4.39. The summed E-state index contributed by atoms with van der Waals surface area (Å²) in [5, 5.41) is 2.75. The fourth-order valence-corrected chi connectivity index (χ4v) is 3.52. The predicted molar refractivity (Wildman–Crippen MR) is 96.5 cm³/mol. The van der Waals surface area contributed by atoms with Gasteiger partial charge in [-0.1, -0.05) is 27.7 Å². The maximum absolute atomic E-state index is 12.9. The first kappa shape index (κ1) is 16.8. The van der Waals surface area contributed by atoms with Gasteiger partial charge in [-0.3, -0.25) is 4.79 Å². The molecule has 0 saturated carbocycles. The van der Waals surface area contributed by atoms with E-state index in [2.05, 4.69) is 32.6 Å². The van der Waals surface area contributed by atoms with Crippen LogP contribution in [0.5, 0.6) is 5.75 Å². The zero-order valence-electron chi connectivity index (χ0n) is 14.1. The van der Waals surface area contributed by atoms with Gasteiger partial charge in [-0.25, -0.2) is 0 Å². The number of nitrogens with zero attached hydrogens (tertiary/aromatic N) is 1. The quantitative estimate of drug-likeness (QED) is 0.791. The third kappa shape index (κ3) is 3.80. The Balaban J connectivity index is 2.52. The van der Waals surface area contributed by atoms with Crippen molar-refractivity contribution in [2.24, 2.45) is 11.8 Å². The maximum Gasteiger partial charge on any atom is 0.211 e. The minimum Gasteiger partial charge on any atom is -0.497 e. The summed E-state index contributed by atoms with van der Waals surface area (Å²) in [6.45, 7) is 10.5. The molecule has 120 valence electrons. The van der Waals surface area contributed by atoms with E-state index in [1.807, 2.05) is 23.6 Å². The summed E-state index contributed by atoms with van der Waals surface area (Å²) in [4.78, 5) is 15.1. The van der Waals surface area contributed by atoms with Crippen LogP contribution in [-0.4, -0.2) is 20.2 Å². The van der Waals surface area contributed by atoms with Gasteiger partial charge in [0.1, 0.15) is 5.75 Å². The summed E-state index contributed by atoms with van der Waals surface area (Å²) in [6.07, 6.45) is 0. The monoisotopic (exact) mass is 319 g/mol. The topological polar surface area (TPSA) is 29.5 Å². The van der Waals surface area contributed by atoms with E-state index in [-0.39, 0.29) is 5.43 Å². The van der Waals surface area contributed by atoms with E-state index in [1.165, 1.54) is 0 Å². The van der Waals surface area contributed by atoms with Crippen molar-refractivity contribution in [3.8, 4) is 5.75 Å².